The number of hydrogen-bond donors (Lipinski definition) is 1. The molecule has 4 bridgehead atoms. The number of nitrogens with one attached hydrogen (secondary N) is 1. The van der Waals surface area contributed by atoms with Crippen molar-refractivity contribution in [3.8, 4) is 0 Å². The highest BCUT2D eigenvalue weighted by atomic mass is 16.1. The van der Waals surface area contributed by atoms with Gasteiger partial charge in [-0.1, -0.05) is 6.92 Å². The van der Waals surface area contributed by atoms with E-state index in [1.54, 1.807) is 0 Å². The van der Waals surface area contributed by atoms with Gasteiger partial charge in [0, 0.05) is 11.8 Å². The van der Waals surface area contributed by atoms with Crippen molar-refractivity contribution in [1.29, 1.82) is 0 Å². The monoisotopic (exact) mass is 275 g/mol. The van der Waals surface area contributed by atoms with Crippen molar-refractivity contribution < 1.29 is 4.79 Å². The van der Waals surface area contributed by atoms with E-state index >= 15 is 0 Å². The first-order valence-corrected chi connectivity index (χ1v) is 8.97. The van der Waals surface area contributed by atoms with Gasteiger partial charge in [0.05, 0.1) is 0 Å². The van der Waals surface area contributed by atoms with Gasteiger partial charge < -0.3 is 5.32 Å². The molecular weight excluding hydrogens is 246 g/mol. The highest BCUT2D eigenvalue weighted by Gasteiger charge is 2.57. The lowest BCUT2D eigenvalue weighted by atomic mass is 9.44. The summed E-state index contributed by atoms with van der Waals surface area (Å²) < 4.78 is 0. The zero-order chi connectivity index (χ0) is 13.7. The molecule has 0 amide bonds. The molecule has 2 nitrogen and oxygen atoms in total. The molecule has 0 radical (unpaired) electrons. The first-order chi connectivity index (χ1) is 9.73. The van der Waals surface area contributed by atoms with E-state index in [1.807, 2.05) is 0 Å². The first kappa shape index (κ1) is 13.3. The fraction of sp³-hybridized carbons (Fsp3) is 0.944. The van der Waals surface area contributed by atoms with E-state index in [-0.39, 0.29) is 5.41 Å². The maximum atomic E-state index is 12.9. The summed E-state index contributed by atoms with van der Waals surface area (Å²) in [6, 6.07) is 0. The molecule has 5 fully saturated rings. The standard InChI is InChI=1S/C18H29NO/c1-2-16(20)18(3-5-19-6-4-18)17-14-8-12-7-13(10-14)11-15(17)9-12/h12-15,17,19H,2-11H2,1H3. The lowest BCUT2D eigenvalue weighted by molar-refractivity contribution is -0.151. The van der Waals surface area contributed by atoms with Crippen molar-refractivity contribution in [2.75, 3.05) is 13.1 Å². The van der Waals surface area contributed by atoms with Crippen molar-refractivity contribution in [2.45, 2.75) is 58.3 Å². The molecule has 5 aliphatic rings. The van der Waals surface area contributed by atoms with Gasteiger partial charge in [-0.2, -0.15) is 0 Å². The zero-order valence-corrected chi connectivity index (χ0v) is 12.9. The quantitative estimate of drug-likeness (QED) is 0.855. The molecule has 4 saturated carbocycles. The van der Waals surface area contributed by atoms with Crippen LogP contribution in [-0.4, -0.2) is 18.9 Å². The van der Waals surface area contributed by atoms with E-state index in [1.165, 1.54) is 32.1 Å². The number of hydrogen-bond acceptors (Lipinski definition) is 2. The smallest absolute Gasteiger partial charge is 0.139 e. The summed E-state index contributed by atoms with van der Waals surface area (Å²) in [5, 5.41) is 3.49. The number of ketones is 1. The third-order valence-corrected chi connectivity index (χ3v) is 7.24. The number of carbonyl (C=O) groups excluding carboxylic acids is 1. The average molecular weight is 275 g/mol. The van der Waals surface area contributed by atoms with Crippen LogP contribution >= 0.6 is 0 Å². The van der Waals surface area contributed by atoms with Crippen LogP contribution in [0.15, 0.2) is 0 Å². The Balaban J connectivity index is 1.67. The van der Waals surface area contributed by atoms with E-state index in [0.717, 1.165) is 61.9 Å². The van der Waals surface area contributed by atoms with Gasteiger partial charge in [-0.25, -0.2) is 0 Å². The van der Waals surface area contributed by atoms with E-state index < -0.39 is 0 Å². The molecule has 5 rings (SSSR count). The Morgan fingerprint density at radius 3 is 2.05 bits per heavy atom. The second kappa shape index (κ2) is 4.83. The van der Waals surface area contributed by atoms with Crippen molar-refractivity contribution in [3.63, 3.8) is 0 Å². The molecule has 0 aromatic heterocycles. The highest BCUT2D eigenvalue weighted by Crippen LogP contribution is 2.62. The topological polar surface area (TPSA) is 29.1 Å². The summed E-state index contributed by atoms with van der Waals surface area (Å²) in [6.07, 6.45) is 10.3. The predicted molar refractivity (Wildman–Crippen MR) is 80.4 cm³/mol. The van der Waals surface area contributed by atoms with Gasteiger partial charge in [0.25, 0.3) is 0 Å². The minimum atomic E-state index is 0.0581. The molecule has 1 aliphatic heterocycles. The van der Waals surface area contributed by atoms with Crippen molar-refractivity contribution in [3.05, 3.63) is 0 Å². The second-order valence-corrected chi connectivity index (χ2v) is 8.14. The van der Waals surface area contributed by atoms with Crippen molar-refractivity contribution in [1.82, 2.24) is 5.32 Å². The summed E-state index contributed by atoms with van der Waals surface area (Å²) in [5.41, 5.74) is 0.0581. The first-order valence-electron chi connectivity index (χ1n) is 8.97. The SMILES string of the molecule is CCC(=O)C1(C2C3CC4CC(C3)CC2C4)CCNCC1. The zero-order valence-electron chi connectivity index (χ0n) is 12.9. The predicted octanol–water partition coefficient (Wildman–Crippen LogP) is 3.41. The maximum Gasteiger partial charge on any atom is 0.139 e. The second-order valence-electron chi connectivity index (χ2n) is 8.14. The van der Waals surface area contributed by atoms with Crippen LogP contribution in [0.4, 0.5) is 0 Å². The molecule has 0 aromatic rings. The number of carbonyl (C=O) groups is 1. The Morgan fingerprint density at radius 1 is 1.00 bits per heavy atom. The third-order valence-electron chi connectivity index (χ3n) is 7.24. The van der Waals surface area contributed by atoms with Crippen LogP contribution in [-0.2, 0) is 4.79 Å². The molecule has 20 heavy (non-hydrogen) atoms. The number of Topliss-reactive ketones (excluding diaryl/α,β-unsaturated/α-hetero) is 1. The lowest BCUT2D eigenvalue weighted by Crippen LogP contribution is -2.57. The minimum absolute atomic E-state index is 0.0581. The van der Waals surface area contributed by atoms with E-state index in [2.05, 4.69) is 12.2 Å². The number of piperidine rings is 1. The largest absolute Gasteiger partial charge is 0.317 e. The molecule has 2 heteroatoms. The van der Waals surface area contributed by atoms with Crippen LogP contribution in [0.5, 0.6) is 0 Å². The van der Waals surface area contributed by atoms with Crippen LogP contribution in [0.25, 0.3) is 0 Å². The van der Waals surface area contributed by atoms with Crippen molar-refractivity contribution >= 4 is 5.78 Å². The molecule has 0 aromatic carbocycles. The average Bonchev–Trinajstić information content (AvgIpc) is 2.46. The molecular formula is C18H29NO. The molecule has 1 heterocycles. The van der Waals surface area contributed by atoms with Gasteiger partial charge in [0.2, 0.25) is 0 Å². The van der Waals surface area contributed by atoms with E-state index in [9.17, 15) is 4.79 Å². The van der Waals surface area contributed by atoms with Gasteiger partial charge >= 0.3 is 0 Å². The molecule has 112 valence electrons. The van der Waals surface area contributed by atoms with Gasteiger partial charge in [-0.15, -0.1) is 0 Å². The van der Waals surface area contributed by atoms with Gasteiger partial charge in [-0.05, 0) is 87.6 Å². The molecule has 0 spiro atoms. The van der Waals surface area contributed by atoms with Gasteiger partial charge in [0.15, 0.2) is 0 Å². The summed E-state index contributed by atoms with van der Waals surface area (Å²) in [6.45, 7) is 4.21. The van der Waals surface area contributed by atoms with Crippen LogP contribution in [0, 0.1) is 35.0 Å². The van der Waals surface area contributed by atoms with Gasteiger partial charge in [0.1, 0.15) is 5.78 Å². The third kappa shape index (κ3) is 1.83. The Kier molecular flexibility index (Phi) is 3.21. The fourth-order valence-electron chi connectivity index (χ4n) is 6.85. The Labute approximate surface area is 123 Å². The molecule has 1 saturated heterocycles. The highest BCUT2D eigenvalue weighted by molar-refractivity contribution is 5.85. The van der Waals surface area contributed by atoms with Crippen LogP contribution < -0.4 is 5.32 Å². The van der Waals surface area contributed by atoms with E-state index in [4.69, 9.17) is 0 Å². The Bertz CT molecular complexity index is 368. The summed E-state index contributed by atoms with van der Waals surface area (Å²) >= 11 is 0. The summed E-state index contributed by atoms with van der Waals surface area (Å²) in [4.78, 5) is 12.9. The van der Waals surface area contributed by atoms with Crippen molar-refractivity contribution in [2.24, 2.45) is 35.0 Å². The van der Waals surface area contributed by atoms with Crippen LogP contribution in [0.1, 0.15) is 58.3 Å². The van der Waals surface area contributed by atoms with E-state index in [0.29, 0.717) is 5.78 Å². The molecule has 4 aliphatic carbocycles. The lowest BCUT2D eigenvalue weighted by Gasteiger charge is -2.60. The summed E-state index contributed by atoms with van der Waals surface area (Å²) in [5.74, 6) is 5.15. The maximum absolute atomic E-state index is 12.9. The Hall–Kier alpha value is -0.370. The molecule has 1 N–H and O–H groups in total. The molecule has 0 atom stereocenters. The fourth-order valence-corrected chi connectivity index (χ4v) is 6.85. The minimum Gasteiger partial charge on any atom is -0.317 e. The Morgan fingerprint density at radius 2 is 1.55 bits per heavy atom. The van der Waals surface area contributed by atoms with Crippen LogP contribution in [0.2, 0.25) is 0 Å². The summed E-state index contributed by atoms with van der Waals surface area (Å²) in [7, 11) is 0. The molecule has 0 unspecified atom stereocenters. The normalized spacial score (nSPS) is 45.5. The van der Waals surface area contributed by atoms with Gasteiger partial charge in [-0.3, -0.25) is 4.79 Å². The number of rotatable bonds is 3. The van der Waals surface area contributed by atoms with Crippen LogP contribution in [0.3, 0.4) is 0 Å².